The van der Waals surface area contributed by atoms with Crippen molar-refractivity contribution in [3.05, 3.63) is 34.4 Å². The minimum Gasteiger partial charge on any atom is -0.492 e. The van der Waals surface area contributed by atoms with Crippen molar-refractivity contribution in [2.75, 3.05) is 13.2 Å². The van der Waals surface area contributed by atoms with Gasteiger partial charge in [-0.1, -0.05) is 23.8 Å². The van der Waals surface area contributed by atoms with Crippen molar-refractivity contribution in [3.63, 3.8) is 0 Å². The van der Waals surface area contributed by atoms with E-state index in [1.165, 1.54) is 0 Å². The van der Waals surface area contributed by atoms with Gasteiger partial charge in [0.25, 0.3) is 0 Å². The van der Waals surface area contributed by atoms with Crippen molar-refractivity contribution < 1.29 is 9.57 Å². The summed E-state index contributed by atoms with van der Waals surface area (Å²) >= 11 is 6.12. The largest absolute Gasteiger partial charge is 0.492 e. The van der Waals surface area contributed by atoms with E-state index < -0.39 is 0 Å². The van der Waals surface area contributed by atoms with E-state index in [1.807, 2.05) is 38.1 Å². The fourth-order valence-electron chi connectivity index (χ4n) is 1.46. The van der Waals surface area contributed by atoms with E-state index in [-0.39, 0.29) is 0 Å². The molecule has 0 aliphatic rings. The quantitative estimate of drug-likeness (QED) is 0.626. The topological polar surface area (TPSA) is 44.5 Å². The van der Waals surface area contributed by atoms with Crippen LogP contribution in [0.15, 0.2) is 18.2 Å². The maximum atomic E-state index is 6.12. The smallest absolute Gasteiger partial charge is 0.138 e. The lowest BCUT2D eigenvalue weighted by Gasteiger charge is -2.09. The number of hydrogen-bond acceptors (Lipinski definition) is 3. The molecule has 0 radical (unpaired) electrons. The zero-order valence-corrected chi connectivity index (χ0v) is 11.0. The van der Waals surface area contributed by atoms with Gasteiger partial charge in [-0.2, -0.15) is 0 Å². The van der Waals surface area contributed by atoms with E-state index in [2.05, 4.69) is 4.84 Å². The predicted molar refractivity (Wildman–Crippen MR) is 71.1 cm³/mol. The lowest BCUT2D eigenvalue weighted by Crippen LogP contribution is -1.98. The fraction of sp³-hybridized carbons (Fsp3) is 0.385. The molecule has 0 spiro atoms. The predicted octanol–water partition coefficient (Wildman–Crippen LogP) is 3.34. The van der Waals surface area contributed by atoms with Gasteiger partial charge in [0.2, 0.25) is 0 Å². The van der Waals surface area contributed by atoms with Crippen LogP contribution in [0.1, 0.15) is 24.5 Å². The standard InChI is InChI=1S/C13H18ClNO2/c1-3-16-13-8-10(2)11(9-12(13)14)6-4-5-7-17-15/h4,6,8-9H,3,5,7,15H2,1-2H3/b6-4+. The van der Waals surface area contributed by atoms with Crippen LogP contribution in [0.2, 0.25) is 5.02 Å². The number of nitrogens with two attached hydrogens (primary N) is 1. The van der Waals surface area contributed by atoms with Crippen molar-refractivity contribution in [3.8, 4) is 5.75 Å². The molecule has 0 saturated carbocycles. The average molecular weight is 256 g/mol. The van der Waals surface area contributed by atoms with Crippen molar-refractivity contribution in [1.82, 2.24) is 0 Å². The number of rotatable bonds is 6. The minimum atomic E-state index is 0.514. The molecule has 0 bridgehead atoms. The molecule has 0 saturated heterocycles. The fourth-order valence-corrected chi connectivity index (χ4v) is 1.69. The van der Waals surface area contributed by atoms with E-state index in [0.717, 1.165) is 23.3 Å². The molecule has 0 fully saturated rings. The number of ether oxygens (including phenoxy) is 1. The Balaban J connectivity index is 2.80. The summed E-state index contributed by atoms with van der Waals surface area (Å²) in [6.07, 6.45) is 4.79. The Bertz CT molecular complexity index is 391. The van der Waals surface area contributed by atoms with Crippen LogP contribution in [0.25, 0.3) is 6.08 Å². The Morgan fingerprint density at radius 3 is 2.82 bits per heavy atom. The molecule has 0 amide bonds. The molecule has 1 rings (SSSR count). The Kier molecular flexibility index (Phi) is 6.05. The van der Waals surface area contributed by atoms with Crippen LogP contribution in [0.4, 0.5) is 0 Å². The molecule has 3 nitrogen and oxygen atoms in total. The van der Waals surface area contributed by atoms with E-state index in [9.17, 15) is 0 Å². The summed E-state index contributed by atoms with van der Waals surface area (Å²) in [4.78, 5) is 4.49. The number of hydrogen-bond donors (Lipinski definition) is 1. The molecule has 17 heavy (non-hydrogen) atoms. The average Bonchev–Trinajstić information content (AvgIpc) is 2.30. The molecular formula is C13H18ClNO2. The van der Waals surface area contributed by atoms with Gasteiger partial charge in [-0.25, -0.2) is 5.90 Å². The minimum absolute atomic E-state index is 0.514. The highest BCUT2D eigenvalue weighted by atomic mass is 35.5. The normalized spacial score (nSPS) is 11.1. The number of halogens is 1. The molecule has 0 unspecified atom stereocenters. The van der Waals surface area contributed by atoms with Gasteiger partial charge in [-0.05, 0) is 43.5 Å². The highest BCUT2D eigenvalue weighted by molar-refractivity contribution is 6.32. The lowest BCUT2D eigenvalue weighted by atomic mass is 10.1. The molecule has 1 aromatic rings. The number of aryl methyl sites for hydroxylation is 1. The van der Waals surface area contributed by atoms with Gasteiger partial charge < -0.3 is 9.57 Å². The van der Waals surface area contributed by atoms with Gasteiger partial charge in [0.1, 0.15) is 5.75 Å². The molecule has 1 aromatic carbocycles. The van der Waals surface area contributed by atoms with E-state index in [4.69, 9.17) is 22.2 Å². The summed E-state index contributed by atoms with van der Waals surface area (Å²) in [6.45, 7) is 5.09. The van der Waals surface area contributed by atoms with Crippen LogP contribution in [-0.2, 0) is 4.84 Å². The van der Waals surface area contributed by atoms with Crippen molar-refractivity contribution in [2.45, 2.75) is 20.3 Å². The van der Waals surface area contributed by atoms with Crippen molar-refractivity contribution in [2.24, 2.45) is 5.90 Å². The zero-order chi connectivity index (χ0) is 12.7. The second-order valence-corrected chi connectivity index (χ2v) is 4.04. The second-order valence-electron chi connectivity index (χ2n) is 3.63. The van der Waals surface area contributed by atoms with Gasteiger partial charge in [0.05, 0.1) is 18.2 Å². The summed E-state index contributed by atoms with van der Waals surface area (Å²) in [5.41, 5.74) is 2.21. The summed E-state index contributed by atoms with van der Waals surface area (Å²) in [6, 6.07) is 3.85. The Labute approximate surface area is 107 Å². The molecule has 0 atom stereocenters. The highest BCUT2D eigenvalue weighted by Gasteiger charge is 2.04. The molecule has 2 N–H and O–H groups in total. The van der Waals surface area contributed by atoms with Gasteiger partial charge >= 0.3 is 0 Å². The molecule has 0 aliphatic carbocycles. The monoisotopic (exact) mass is 255 g/mol. The third-order valence-electron chi connectivity index (χ3n) is 2.32. The maximum absolute atomic E-state index is 6.12. The van der Waals surface area contributed by atoms with Gasteiger partial charge in [0, 0.05) is 0 Å². The van der Waals surface area contributed by atoms with Crippen molar-refractivity contribution >= 4 is 17.7 Å². The molecular weight excluding hydrogens is 238 g/mol. The molecule has 0 aliphatic heterocycles. The van der Waals surface area contributed by atoms with Crippen molar-refractivity contribution in [1.29, 1.82) is 0 Å². The third kappa shape index (κ3) is 4.38. The second kappa shape index (κ2) is 7.33. The Morgan fingerprint density at radius 1 is 1.41 bits per heavy atom. The van der Waals surface area contributed by atoms with Gasteiger partial charge in [0.15, 0.2) is 0 Å². The Hall–Kier alpha value is -1.03. The van der Waals surface area contributed by atoms with Crippen LogP contribution in [0.5, 0.6) is 5.75 Å². The van der Waals surface area contributed by atoms with E-state index in [0.29, 0.717) is 18.2 Å². The summed E-state index contributed by atoms with van der Waals surface area (Å²) in [5, 5.41) is 0.632. The van der Waals surface area contributed by atoms with Gasteiger partial charge in [-0.3, -0.25) is 0 Å². The maximum Gasteiger partial charge on any atom is 0.138 e. The first-order valence-corrected chi connectivity index (χ1v) is 5.98. The molecule has 0 heterocycles. The summed E-state index contributed by atoms with van der Waals surface area (Å²) in [5.74, 6) is 5.67. The van der Waals surface area contributed by atoms with Crippen LogP contribution < -0.4 is 10.6 Å². The highest BCUT2D eigenvalue weighted by Crippen LogP contribution is 2.28. The summed E-state index contributed by atoms with van der Waals surface area (Å²) < 4.78 is 5.42. The molecule has 0 aromatic heterocycles. The van der Waals surface area contributed by atoms with E-state index in [1.54, 1.807) is 0 Å². The van der Waals surface area contributed by atoms with Crippen LogP contribution in [0, 0.1) is 6.92 Å². The summed E-state index contributed by atoms with van der Waals surface area (Å²) in [7, 11) is 0. The zero-order valence-electron chi connectivity index (χ0n) is 10.2. The Morgan fingerprint density at radius 2 is 2.18 bits per heavy atom. The van der Waals surface area contributed by atoms with Crippen LogP contribution >= 0.6 is 11.6 Å². The van der Waals surface area contributed by atoms with E-state index >= 15 is 0 Å². The first kappa shape index (κ1) is 14.0. The first-order chi connectivity index (χ1) is 8.19. The SMILES string of the molecule is CCOc1cc(C)c(/C=C/CCON)cc1Cl. The molecule has 4 heteroatoms. The molecule has 94 valence electrons. The van der Waals surface area contributed by atoms with Crippen LogP contribution in [0.3, 0.4) is 0 Å². The van der Waals surface area contributed by atoms with Gasteiger partial charge in [-0.15, -0.1) is 0 Å². The lowest BCUT2D eigenvalue weighted by molar-refractivity contribution is 0.143. The number of benzene rings is 1. The van der Waals surface area contributed by atoms with Crippen LogP contribution in [-0.4, -0.2) is 13.2 Å². The third-order valence-corrected chi connectivity index (χ3v) is 2.62. The first-order valence-electron chi connectivity index (χ1n) is 5.60.